The maximum Gasteiger partial charge on any atom is 0.119 e. The molecule has 0 bridgehead atoms. The van der Waals surface area contributed by atoms with E-state index in [1.54, 1.807) is 0 Å². The van der Waals surface area contributed by atoms with E-state index in [0.717, 1.165) is 24.3 Å². The van der Waals surface area contributed by atoms with Crippen molar-refractivity contribution in [2.24, 2.45) is 0 Å². The Morgan fingerprint density at radius 3 is 2.55 bits per heavy atom. The smallest absolute Gasteiger partial charge is 0.119 e. The normalized spacial score (nSPS) is 10.4. The lowest BCUT2D eigenvalue weighted by molar-refractivity contribution is 0.292. The molecule has 0 aliphatic rings. The topological polar surface area (TPSA) is 41.5 Å². The van der Waals surface area contributed by atoms with E-state index < -0.39 is 0 Å². The predicted octanol–water partition coefficient (Wildman–Crippen LogP) is 2.39. The molecule has 2 rings (SSSR count). The van der Waals surface area contributed by atoms with Crippen molar-refractivity contribution in [3.8, 4) is 5.75 Å². The summed E-state index contributed by atoms with van der Waals surface area (Å²) in [5.41, 5.74) is 2.45. The molecular weight excluding hydrogens is 250 g/mol. The average Bonchev–Trinajstić information content (AvgIpc) is 2.49. The first-order valence-corrected chi connectivity index (χ1v) is 6.96. The first-order chi connectivity index (χ1) is 9.88. The van der Waals surface area contributed by atoms with Gasteiger partial charge in [0.25, 0.3) is 0 Å². The molecule has 0 heterocycles. The van der Waals surface area contributed by atoms with Gasteiger partial charge in [0.15, 0.2) is 0 Å². The fourth-order valence-electron chi connectivity index (χ4n) is 1.99. The summed E-state index contributed by atoms with van der Waals surface area (Å²) >= 11 is 0. The molecule has 0 aromatic heterocycles. The van der Waals surface area contributed by atoms with Gasteiger partial charge < -0.3 is 15.2 Å². The summed E-state index contributed by atoms with van der Waals surface area (Å²) in [6.45, 7) is 2.19. The lowest BCUT2D eigenvalue weighted by atomic mass is 10.2. The highest BCUT2D eigenvalue weighted by Crippen LogP contribution is 2.13. The van der Waals surface area contributed by atoms with Gasteiger partial charge in [0.2, 0.25) is 0 Å². The maximum absolute atomic E-state index is 8.74. The van der Waals surface area contributed by atoms with Gasteiger partial charge in [-0.1, -0.05) is 42.5 Å². The number of hydrogen-bond acceptors (Lipinski definition) is 3. The fourth-order valence-corrected chi connectivity index (χ4v) is 1.99. The van der Waals surface area contributed by atoms with Gasteiger partial charge in [-0.05, 0) is 23.3 Å². The van der Waals surface area contributed by atoms with Crippen LogP contribution in [-0.2, 0) is 13.0 Å². The van der Waals surface area contributed by atoms with Gasteiger partial charge in [0, 0.05) is 19.5 Å². The summed E-state index contributed by atoms with van der Waals surface area (Å²) in [6, 6.07) is 18.4. The zero-order valence-corrected chi connectivity index (χ0v) is 11.6. The quantitative estimate of drug-likeness (QED) is 0.724. The highest BCUT2D eigenvalue weighted by Gasteiger charge is 1.98. The van der Waals surface area contributed by atoms with Crippen LogP contribution in [-0.4, -0.2) is 24.9 Å². The van der Waals surface area contributed by atoms with Crippen molar-refractivity contribution in [1.82, 2.24) is 5.32 Å². The summed E-state index contributed by atoms with van der Waals surface area (Å²) < 4.78 is 5.78. The number of ether oxygens (including phenoxy) is 1. The van der Waals surface area contributed by atoms with Crippen LogP contribution in [0.25, 0.3) is 0 Å². The lowest BCUT2D eigenvalue weighted by Gasteiger charge is -2.08. The first kappa shape index (κ1) is 14.6. The Hall–Kier alpha value is -1.84. The van der Waals surface area contributed by atoms with E-state index >= 15 is 0 Å². The Kier molecular flexibility index (Phi) is 6.08. The number of aliphatic hydroxyl groups is 1. The molecule has 0 saturated carbocycles. The number of aliphatic hydroxyl groups excluding tert-OH is 1. The molecule has 106 valence electrons. The molecule has 0 radical (unpaired) electrons. The third-order valence-electron chi connectivity index (χ3n) is 3.02. The van der Waals surface area contributed by atoms with Crippen molar-refractivity contribution in [3.63, 3.8) is 0 Å². The number of rotatable bonds is 8. The SMILES string of the molecule is OCCNCc1cccc(OCCc2ccccc2)c1. The zero-order chi connectivity index (χ0) is 14.0. The Bertz CT molecular complexity index is 499. The Morgan fingerprint density at radius 2 is 1.75 bits per heavy atom. The van der Waals surface area contributed by atoms with E-state index in [0.29, 0.717) is 13.2 Å². The van der Waals surface area contributed by atoms with Crippen molar-refractivity contribution >= 4 is 0 Å². The summed E-state index contributed by atoms with van der Waals surface area (Å²) in [5.74, 6) is 0.893. The molecule has 0 atom stereocenters. The van der Waals surface area contributed by atoms with E-state index in [9.17, 15) is 0 Å². The molecule has 2 aromatic rings. The third-order valence-corrected chi connectivity index (χ3v) is 3.02. The number of hydrogen-bond donors (Lipinski definition) is 2. The molecule has 0 unspecified atom stereocenters. The minimum absolute atomic E-state index is 0.160. The van der Waals surface area contributed by atoms with Gasteiger partial charge in [0.05, 0.1) is 13.2 Å². The largest absolute Gasteiger partial charge is 0.493 e. The molecule has 3 heteroatoms. The molecule has 3 nitrogen and oxygen atoms in total. The fraction of sp³-hybridized carbons (Fsp3) is 0.294. The van der Waals surface area contributed by atoms with E-state index in [4.69, 9.17) is 9.84 Å². The summed E-state index contributed by atoms with van der Waals surface area (Å²) in [6.07, 6.45) is 0.911. The minimum atomic E-state index is 0.160. The molecule has 0 saturated heterocycles. The van der Waals surface area contributed by atoms with Crippen molar-refractivity contribution in [3.05, 3.63) is 65.7 Å². The Labute approximate surface area is 120 Å². The molecule has 20 heavy (non-hydrogen) atoms. The van der Waals surface area contributed by atoms with E-state index in [1.807, 2.05) is 36.4 Å². The average molecular weight is 271 g/mol. The van der Waals surface area contributed by atoms with Crippen LogP contribution in [0.15, 0.2) is 54.6 Å². The lowest BCUT2D eigenvalue weighted by Crippen LogP contribution is -2.17. The second kappa shape index (κ2) is 8.35. The van der Waals surface area contributed by atoms with Crippen molar-refractivity contribution < 1.29 is 9.84 Å². The summed E-state index contributed by atoms with van der Waals surface area (Å²) in [7, 11) is 0. The number of benzene rings is 2. The van der Waals surface area contributed by atoms with Gasteiger partial charge in [-0.2, -0.15) is 0 Å². The van der Waals surface area contributed by atoms with Crippen LogP contribution in [0.4, 0.5) is 0 Å². The predicted molar refractivity (Wildman–Crippen MR) is 80.9 cm³/mol. The van der Waals surface area contributed by atoms with Crippen LogP contribution in [0.5, 0.6) is 5.75 Å². The van der Waals surface area contributed by atoms with Crippen LogP contribution < -0.4 is 10.1 Å². The Morgan fingerprint density at radius 1 is 0.950 bits per heavy atom. The summed E-state index contributed by atoms with van der Waals surface area (Å²) in [4.78, 5) is 0. The maximum atomic E-state index is 8.74. The number of nitrogens with one attached hydrogen (secondary N) is 1. The second-order valence-electron chi connectivity index (χ2n) is 4.63. The van der Waals surface area contributed by atoms with E-state index in [2.05, 4.69) is 23.5 Å². The first-order valence-electron chi connectivity index (χ1n) is 6.96. The van der Waals surface area contributed by atoms with Gasteiger partial charge >= 0.3 is 0 Å². The highest BCUT2D eigenvalue weighted by molar-refractivity contribution is 5.28. The van der Waals surface area contributed by atoms with Gasteiger partial charge in [-0.3, -0.25) is 0 Å². The molecule has 0 aliphatic carbocycles. The van der Waals surface area contributed by atoms with Crippen molar-refractivity contribution in [2.45, 2.75) is 13.0 Å². The molecule has 0 aliphatic heterocycles. The third kappa shape index (κ3) is 5.03. The molecule has 0 amide bonds. The monoisotopic (exact) mass is 271 g/mol. The standard InChI is InChI=1S/C17H21NO2/c19-11-10-18-14-16-7-4-8-17(13-16)20-12-9-15-5-2-1-3-6-15/h1-8,13,18-19H,9-12,14H2. The van der Waals surface area contributed by atoms with Crippen LogP contribution in [0.2, 0.25) is 0 Å². The zero-order valence-electron chi connectivity index (χ0n) is 11.6. The molecule has 2 N–H and O–H groups in total. The second-order valence-corrected chi connectivity index (χ2v) is 4.63. The molecule has 0 fully saturated rings. The van der Waals surface area contributed by atoms with E-state index in [1.165, 1.54) is 5.56 Å². The van der Waals surface area contributed by atoms with Crippen LogP contribution in [0, 0.1) is 0 Å². The van der Waals surface area contributed by atoms with Crippen LogP contribution >= 0.6 is 0 Å². The summed E-state index contributed by atoms with van der Waals surface area (Å²) in [5, 5.41) is 11.9. The Balaban J connectivity index is 1.79. The van der Waals surface area contributed by atoms with Crippen molar-refractivity contribution in [1.29, 1.82) is 0 Å². The van der Waals surface area contributed by atoms with Gasteiger partial charge in [-0.25, -0.2) is 0 Å². The van der Waals surface area contributed by atoms with Crippen LogP contribution in [0.3, 0.4) is 0 Å². The van der Waals surface area contributed by atoms with Gasteiger partial charge in [0.1, 0.15) is 5.75 Å². The van der Waals surface area contributed by atoms with Crippen LogP contribution in [0.1, 0.15) is 11.1 Å². The van der Waals surface area contributed by atoms with Gasteiger partial charge in [-0.15, -0.1) is 0 Å². The highest BCUT2D eigenvalue weighted by atomic mass is 16.5. The van der Waals surface area contributed by atoms with E-state index in [-0.39, 0.29) is 6.61 Å². The minimum Gasteiger partial charge on any atom is -0.493 e. The van der Waals surface area contributed by atoms with Crippen molar-refractivity contribution in [2.75, 3.05) is 19.8 Å². The molecular formula is C17H21NO2. The molecule has 2 aromatic carbocycles. The molecule has 0 spiro atoms.